The summed E-state index contributed by atoms with van der Waals surface area (Å²) in [6, 6.07) is 15.6. The van der Waals surface area contributed by atoms with Crippen molar-refractivity contribution in [3.05, 3.63) is 71.3 Å². The van der Waals surface area contributed by atoms with Gasteiger partial charge in [-0.3, -0.25) is 9.59 Å². The summed E-state index contributed by atoms with van der Waals surface area (Å²) in [7, 11) is 6.04. The first-order valence-electron chi connectivity index (χ1n) is 10.6. The zero-order chi connectivity index (χ0) is 24.2. The molecule has 1 aliphatic heterocycles. The fraction of sp³-hybridized carbons (Fsp3) is 0.231. The van der Waals surface area contributed by atoms with Crippen molar-refractivity contribution >= 4 is 17.4 Å². The van der Waals surface area contributed by atoms with E-state index < -0.39 is 12.0 Å². The fourth-order valence-corrected chi connectivity index (χ4v) is 3.84. The summed E-state index contributed by atoms with van der Waals surface area (Å²) >= 11 is 0. The van der Waals surface area contributed by atoms with Gasteiger partial charge in [0.1, 0.15) is 17.6 Å². The normalized spacial score (nSPS) is 14.5. The molecule has 1 aliphatic rings. The highest BCUT2D eigenvalue weighted by atomic mass is 16.5. The van der Waals surface area contributed by atoms with Gasteiger partial charge < -0.3 is 29.0 Å². The van der Waals surface area contributed by atoms with E-state index in [1.807, 2.05) is 24.3 Å². The molecule has 34 heavy (non-hydrogen) atoms. The first-order valence-corrected chi connectivity index (χ1v) is 10.6. The first kappa shape index (κ1) is 23.0. The number of ether oxygens (including phenoxy) is 5. The first-order chi connectivity index (χ1) is 16.5. The quantitative estimate of drug-likeness (QED) is 0.544. The minimum absolute atomic E-state index is 0.0713. The molecule has 0 saturated carbocycles. The maximum atomic E-state index is 12.9. The van der Waals surface area contributed by atoms with Crippen LogP contribution in [-0.2, 0) is 0 Å². The Morgan fingerprint density at radius 2 is 1.65 bits per heavy atom. The number of Topliss-reactive ketones (excluding diaryl/α,β-unsaturated/α-hetero) is 1. The van der Waals surface area contributed by atoms with E-state index in [1.54, 1.807) is 37.4 Å². The van der Waals surface area contributed by atoms with Gasteiger partial charge in [0, 0.05) is 11.3 Å². The number of methoxy groups -OCH3 is 4. The molecule has 1 N–H and O–H groups in total. The van der Waals surface area contributed by atoms with Gasteiger partial charge in [-0.15, -0.1) is 0 Å². The highest BCUT2D eigenvalue weighted by Crippen LogP contribution is 2.39. The van der Waals surface area contributed by atoms with Crippen molar-refractivity contribution in [2.24, 2.45) is 0 Å². The van der Waals surface area contributed by atoms with E-state index >= 15 is 0 Å². The van der Waals surface area contributed by atoms with Crippen LogP contribution >= 0.6 is 0 Å². The van der Waals surface area contributed by atoms with E-state index in [0.29, 0.717) is 45.6 Å². The average molecular weight is 463 g/mol. The minimum Gasteiger partial charge on any atom is -0.497 e. The van der Waals surface area contributed by atoms with Crippen molar-refractivity contribution in [2.45, 2.75) is 12.5 Å². The van der Waals surface area contributed by atoms with Crippen molar-refractivity contribution < 1.29 is 33.3 Å². The molecule has 4 rings (SSSR count). The molecule has 176 valence electrons. The number of ketones is 1. The molecule has 0 unspecified atom stereocenters. The Balaban J connectivity index is 1.55. The third kappa shape index (κ3) is 4.47. The predicted octanol–water partition coefficient (Wildman–Crippen LogP) is 4.68. The topological polar surface area (TPSA) is 92.3 Å². The summed E-state index contributed by atoms with van der Waals surface area (Å²) in [6.45, 7) is 0. The summed E-state index contributed by atoms with van der Waals surface area (Å²) in [5, 5.41) is 2.81. The SMILES string of the molecule is COc1cccc([C@H]2CC(=O)c3cc(NC(=O)c4cc(OC)c(OC)c(OC)c4)ccc3O2)c1. The van der Waals surface area contributed by atoms with Crippen molar-refractivity contribution in [1.82, 2.24) is 0 Å². The Bertz CT molecular complexity index is 1210. The van der Waals surface area contributed by atoms with Crippen LogP contribution in [0.4, 0.5) is 5.69 Å². The molecule has 1 heterocycles. The number of anilines is 1. The van der Waals surface area contributed by atoms with Crippen LogP contribution in [0, 0.1) is 0 Å². The smallest absolute Gasteiger partial charge is 0.255 e. The highest BCUT2D eigenvalue weighted by molar-refractivity contribution is 6.06. The number of carbonyl (C=O) groups excluding carboxylic acids is 2. The van der Waals surface area contributed by atoms with Crippen molar-refractivity contribution in [3.63, 3.8) is 0 Å². The van der Waals surface area contributed by atoms with Crippen molar-refractivity contribution in [3.8, 4) is 28.7 Å². The largest absolute Gasteiger partial charge is 0.497 e. The molecule has 0 aromatic heterocycles. The molecule has 0 spiro atoms. The highest BCUT2D eigenvalue weighted by Gasteiger charge is 2.28. The number of benzene rings is 3. The number of fused-ring (bicyclic) bond motifs is 1. The van der Waals surface area contributed by atoms with E-state index in [0.717, 1.165) is 5.56 Å². The molecule has 8 heteroatoms. The van der Waals surface area contributed by atoms with Gasteiger partial charge in [0.25, 0.3) is 5.91 Å². The lowest BCUT2D eigenvalue weighted by Gasteiger charge is -2.26. The molecule has 8 nitrogen and oxygen atoms in total. The molecule has 0 radical (unpaired) electrons. The van der Waals surface area contributed by atoms with Crippen LogP contribution < -0.4 is 29.0 Å². The van der Waals surface area contributed by atoms with Crippen molar-refractivity contribution in [2.75, 3.05) is 33.8 Å². The van der Waals surface area contributed by atoms with Crippen LogP contribution in [0.15, 0.2) is 54.6 Å². The van der Waals surface area contributed by atoms with Gasteiger partial charge in [-0.25, -0.2) is 0 Å². The van der Waals surface area contributed by atoms with Gasteiger partial charge in [0.2, 0.25) is 5.75 Å². The maximum absolute atomic E-state index is 12.9. The van der Waals surface area contributed by atoms with Crippen LogP contribution in [0.5, 0.6) is 28.7 Å². The molecule has 1 amide bonds. The summed E-state index contributed by atoms with van der Waals surface area (Å²) in [6.07, 6.45) is -0.223. The summed E-state index contributed by atoms with van der Waals surface area (Å²) < 4.78 is 27.3. The van der Waals surface area contributed by atoms with E-state index in [2.05, 4.69) is 5.32 Å². The summed E-state index contributed by atoms with van der Waals surface area (Å²) in [4.78, 5) is 25.8. The maximum Gasteiger partial charge on any atom is 0.255 e. The lowest BCUT2D eigenvalue weighted by atomic mass is 9.96. The van der Waals surface area contributed by atoms with Gasteiger partial charge in [0.05, 0.1) is 40.4 Å². The molecule has 0 bridgehead atoms. The number of carbonyl (C=O) groups is 2. The lowest BCUT2D eigenvalue weighted by molar-refractivity contribution is 0.0849. The minimum atomic E-state index is -0.408. The summed E-state index contributed by atoms with van der Waals surface area (Å²) in [5.74, 6) is 1.83. The zero-order valence-corrected chi connectivity index (χ0v) is 19.3. The third-order valence-electron chi connectivity index (χ3n) is 5.57. The van der Waals surface area contributed by atoms with Gasteiger partial charge in [-0.1, -0.05) is 12.1 Å². The second kappa shape index (κ2) is 9.74. The number of hydrogen-bond acceptors (Lipinski definition) is 7. The second-order valence-corrected chi connectivity index (χ2v) is 7.59. The molecular weight excluding hydrogens is 438 g/mol. The van der Waals surface area contributed by atoms with E-state index in [4.69, 9.17) is 23.7 Å². The van der Waals surface area contributed by atoms with Crippen molar-refractivity contribution in [1.29, 1.82) is 0 Å². The van der Waals surface area contributed by atoms with Crippen LogP contribution in [0.3, 0.4) is 0 Å². The van der Waals surface area contributed by atoms with Gasteiger partial charge in [0.15, 0.2) is 17.3 Å². The zero-order valence-electron chi connectivity index (χ0n) is 19.3. The number of rotatable bonds is 7. The fourth-order valence-electron chi connectivity index (χ4n) is 3.84. The Morgan fingerprint density at radius 1 is 0.912 bits per heavy atom. The molecule has 0 saturated heterocycles. The molecule has 0 fully saturated rings. The standard InChI is InChI=1S/C26H25NO7/c1-30-18-7-5-6-15(10-18)22-14-20(28)19-13-17(8-9-21(19)34-22)27-26(29)16-11-23(31-2)25(33-4)24(12-16)32-3/h5-13,22H,14H2,1-4H3,(H,27,29)/t22-/m1/s1. The molecule has 3 aromatic carbocycles. The van der Waals surface area contributed by atoms with Gasteiger partial charge in [-0.05, 0) is 48.0 Å². The number of amides is 1. The Kier molecular flexibility index (Phi) is 6.58. The Hall–Kier alpha value is -4.20. The molecule has 3 aromatic rings. The Labute approximate surface area is 197 Å². The lowest BCUT2D eigenvalue weighted by Crippen LogP contribution is -2.21. The molecule has 0 aliphatic carbocycles. The molecular formula is C26H25NO7. The van der Waals surface area contributed by atoms with Crippen LogP contribution in [-0.4, -0.2) is 40.1 Å². The Morgan fingerprint density at radius 3 is 2.29 bits per heavy atom. The number of nitrogens with one attached hydrogen (secondary N) is 1. The molecule has 1 atom stereocenters. The average Bonchev–Trinajstić information content (AvgIpc) is 2.87. The van der Waals surface area contributed by atoms with Gasteiger partial charge >= 0.3 is 0 Å². The third-order valence-corrected chi connectivity index (χ3v) is 5.57. The van der Waals surface area contributed by atoms with E-state index in [1.165, 1.54) is 21.3 Å². The monoisotopic (exact) mass is 463 g/mol. The van der Waals surface area contributed by atoms with Crippen LogP contribution in [0.2, 0.25) is 0 Å². The van der Waals surface area contributed by atoms with Crippen LogP contribution in [0.1, 0.15) is 38.8 Å². The van der Waals surface area contributed by atoms with E-state index in [9.17, 15) is 9.59 Å². The summed E-state index contributed by atoms with van der Waals surface area (Å²) in [5.41, 5.74) is 2.06. The van der Waals surface area contributed by atoms with E-state index in [-0.39, 0.29) is 12.2 Å². The number of hydrogen-bond donors (Lipinski definition) is 1. The van der Waals surface area contributed by atoms with Gasteiger partial charge in [-0.2, -0.15) is 0 Å². The second-order valence-electron chi connectivity index (χ2n) is 7.59. The predicted molar refractivity (Wildman–Crippen MR) is 126 cm³/mol. The van der Waals surface area contributed by atoms with Crippen LogP contribution in [0.25, 0.3) is 0 Å².